The van der Waals surface area contributed by atoms with Crippen LogP contribution in [0.1, 0.15) is 24.1 Å². The second-order valence-electron chi connectivity index (χ2n) is 4.35. The van der Waals surface area contributed by atoms with Gasteiger partial charge in [0.15, 0.2) is 0 Å². The smallest absolute Gasteiger partial charge is 0.0496 e. The predicted octanol–water partition coefficient (Wildman–Crippen LogP) is 5.58. The van der Waals surface area contributed by atoms with Crippen molar-refractivity contribution in [1.29, 1.82) is 0 Å². The van der Waals surface area contributed by atoms with E-state index in [9.17, 15) is 0 Å². The lowest BCUT2D eigenvalue weighted by atomic mass is 10.1. The Kier molecular flexibility index (Phi) is 4.31. The van der Waals surface area contributed by atoms with Crippen molar-refractivity contribution in [2.45, 2.75) is 19.9 Å². The fourth-order valence-electron chi connectivity index (χ4n) is 1.93. The van der Waals surface area contributed by atoms with Crippen molar-refractivity contribution in [1.82, 2.24) is 0 Å². The SMILES string of the molecule is Cc1cc(Cl)ccc1NC(C)c1ccccc1Br. The van der Waals surface area contributed by atoms with Crippen molar-refractivity contribution >= 4 is 33.2 Å². The zero-order chi connectivity index (χ0) is 13.1. The molecule has 94 valence electrons. The number of halogens is 2. The molecule has 0 aliphatic heterocycles. The Morgan fingerprint density at radius 2 is 1.89 bits per heavy atom. The number of aryl methyl sites for hydroxylation is 1. The maximum atomic E-state index is 5.96. The van der Waals surface area contributed by atoms with E-state index < -0.39 is 0 Å². The Labute approximate surface area is 121 Å². The summed E-state index contributed by atoms with van der Waals surface area (Å²) < 4.78 is 1.12. The van der Waals surface area contributed by atoms with Gasteiger partial charge in [0.2, 0.25) is 0 Å². The van der Waals surface area contributed by atoms with E-state index >= 15 is 0 Å². The monoisotopic (exact) mass is 323 g/mol. The molecule has 1 unspecified atom stereocenters. The first-order valence-corrected chi connectivity index (χ1v) is 7.02. The summed E-state index contributed by atoms with van der Waals surface area (Å²) in [6.45, 7) is 4.20. The number of hydrogen-bond donors (Lipinski definition) is 1. The third-order valence-corrected chi connectivity index (χ3v) is 3.89. The molecule has 0 radical (unpaired) electrons. The van der Waals surface area contributed by atoms with E-state index in [-0.39, 0.29) is 6.04 Å². The normalized spacial score (nSPS) is 12.2. The summed E-state index contributed by atoms with van der Waals surface area (Å²) in [6, 6.07) is 14.4. The highest BCUT2D eigenvalue weighted by Crippen LogP contribution is 2.28. The van der Waals surface area contributed by atoms with Crippen LogP contribution in [-0.2, 0) is 0 Å². The van der Waals surface area contributed by atoms with Crippen molar-refractivity contribution in [2.75, 3.05) is 5.32 Å². The molecule has 3 heteroatoms. The molecule has 0 aliphatic carbocycles. The highest BCUT2D eigenvalue weighted by Gasteiger charge is 2.09. The van der Waals surface area contributed by atoms with E-state index in [0.717, 1.165) is 20.7 Å². The van der Waals surface area contributed by atoms with Gasteiger partial charge in [0, 0.05) is 21.2 Å². The molecule has 18 heavy (non-hydrogen) atoms. The summed E-state index contributed by atoms with van der Waals surface area (Å²) in [7, 11) is 0. The zero-order valence-electron chi connectivity index (χ0n) is 10.4. The molecule has 0 bridgehead atoms. The van der Waals surface area contributed by atoms with Crippen LogP contribution in [0.3, 0.4) is 0 Å². The number of nitrogens with one attached hydrogen (secondary N) is 1. The van der Waals surface area contributed by atoms with Gasteiger partial charge in [-0.3, -0.25) is 0 Å². The fourth-order valence-corrected chi connectivity index (χ4v) is 2.78. The van der Waals surface area contributed by atoms with Crippen LogP contribution in [0.25, 0.3) is 0 Å². The summed E-state index contributed by atoms with van der Waals surface area (Å²) in [5.74, 6) is 0. The highest BCUT2D eigenvalue weighted by atomic mass is 79.9. The standard InChI is InChI=1S/C15H15BrClN/c1-10-9-12(17)7-8-15(10)18-11(2)13-5-3-4-6-14(13)16/h3-9,11,18H,1-2H3. The van der Waals surface area contributed by atoms with Crippen LogP contribution in [0.4, 0.5) is 5.69 Å². The summed E-state index contributed by atoms with van der Waals surface area (Å²) in [5.41, 5.74) is 3.51. The summed E-state index contributed by atoms with van der Waals surface area (Å²) >= 11 is 9.54. The van der Waals surface area contributed by atoms with Gasteiger partial charge in [-0.15, -0.1) is 0 Å². The Morgan fingerprint density at radius 3 is 2.56 bits per heavy atom. The first-order chi connectivity index (χ1) is 8.58. The molecule has 0 fully saturated rings. The van der Waals surface area contributed by atoms with Crippen molar-refractivity contribution < 1.29 is 0 Å². The first-order valence-electron chi connectivity index (χ1n) is 5.85. The lowest BCUT2D eigenvalue weighted by Gasteiger charge is -2.18. The fraction of sp³-hybridized carbons (Fsp3) is 0.200. The first kappa shape index (κ1) is 13.4. The van der Waals surface area contributed by atoms with E-state index in [1.807, 2.05) is 30.3 Å². The van der Waals surface area contributed by atoms with Crippen molar-refractivity contribution in [3.8, 4) is 0 Å². The van der Waals surface area contributed by atoms with Gasteiger partial charge in [0.1, 0.15) is 0 Å². The molecule has 2 aromatic carbocycles. The summed E-state index contributed by atoms with van der Waals surface area (Å²) in [6.07, 6.45) is 0. The number of benzene rings is 2. The molecule has 0 saturated heterocycles. The number of rotatable bonds is 3. The van der Waals surface area contributed by atoms with Crippen molar-refractivity contribution in [3.63, 3.8) is 0 Å². The lowest BCUT2D eigenvalue weighted by Crippen LogP contribution is -2.08. The van der Waals surface area contributed by atoms with E-state index in [1.54, 1.807) is 0 Å². The Hall–Kier alpha value is -0.990. The largest absolute Gasteiger partial charge is 0.378 e. The van der Waals surface area contributed by atoms with Crippen LogP contribution in [0.15, 0.2) is 46.9 Å². The lowest BCUT2D eigenvalue weighted by molar-refractivity contribution is 0.877. The number of hydrogen-bond acceptors (Lipinski definition) is 1. The summed E-state index contributed by atoms with van der Waals surface area (Å²) in [4.78, 5) is 0. The third kappa shape index (κ3) is 3.06. The van der Waals surface area contributed by atoms with Gasteiger partial charge in [-0.25, -0.2) is 0 Å². The Morgan fingerprint density at radius 1 is 1.17 bits per heavy atom. The van der Waals surface area contributed by atoms with E-state index in [1.165, 1.54) is 5.56 Å². The molecule has 0 amide bonds. The molecule has 0 spiro atoms. The molecule has 0 aliphatic rings. The molecule has 0 aromatic heterocycles. The quantitative estimate of drug-likeness (QED) is 0.776. The second-order valence-corrected chi connectivity index (χ2v) is 5.64. The van der Waals surface area contributed by atoms with Gasteiger partial charge in [-0.2, -0.15) is 0 Å². The maximum Gasteiger partial charge on any atom is 0.0496 e. The Balaban J connectivity index is 2.21. The van der Waals surface area contributed by atoms with Gasteiger partial charge < -0.3 is 5.32 Å². The van der Waals surface area contributed by atoms with Gasteiger partial charge in [0.25, 0.3) is 0 Å². The van der Waals surface area contributed by atoms with Crippen molar-refractivity contribution in [3.05, 3.63) is 63.1 Å². The predicted molar refractivity (Wildman–Crippen MR) is 82.4 cm³/mol. The molecule has 1 atom stereocenters. The van der Waals surface area contributed by atoms with E-state index in [2.05, 4.69) is 47.2 Å². The number of anilines is 1. The van der Waals surface area contributed by atoms with Crippen molar-refractivity contribution in [2.24, 2.45) is 0 Å². The molecule has 2 rings (SSSR count). The highest BCUT2D eigenvalue weighted by molar-refractivity contribution is 9.10. The molecule has 1 nitrogen and oxygen atoms in total. The average molecular weight is 325 g/mol. The van der Waals surface area contributed by atoms with Crippen LogP contribution in [-0.4, -0.2) is 0 Å². The molecule has 2 aromatic rings. The van der Waals surface area contributed by atoms with Gasteiger partial charge >= 0.3 is 0 Å². The third-order valence-electron chi connectivity index (χ3n) is 2.93. The van der Waals surface area contributed by atoms with Crippen LogP contribution in [0, 0.1) is 6.92 Å². The van der Waals surface area contributed by atoms with E-state index in [4.69, 9.17) is 11.6 Å². The van der Waals surface area contributed by atoms with Gasteiger partial charge in [0.05, 0.1) is 0 Å². The Bertz CT molecular complexity index is 554. The van der Waals surface area contributed by atoms with Crippen LogP contribution in [0.2, 0.25) is 5.02 Å². The molecule has 0 saturated carbocycles. The molecular weight excluding hydrogens is 310 g/mol. The van der Waals surface area contributed by atoms with Crippen LogP contribution >= 0.6 is 27.5 Å². The molecular formula is C15H15BrClN. The average Bonchev–Trinajstić information content (AvgIpc) is 2.33. The van der Waals surface area contributed by atoms with Gasteiger partial charge in [-0.05, 0) is 49.2 Å². The maximum absolute atomic E-state index is 5.96. The minimum Gasteiger partial charge on any atom is -0.378 e. The van der Waals surface area contributed by atoms with E-state index in [0.29, 0.717) is 0 Å². The topological polar surface area (TPSA) is 12.0 Å². The van der Waals surface area contributed by atoms with Gasteiger partial charge in [-0.1, -0.05) is 45.7 Å². The second kappa shape index (κ2) is 5.77. The van der Waals surface area contributed by atoms with Crippen LogP contribution in [0.5, 0.6) is 0 Å². The minimum atomic E-state index is 0.237. The minimum absolute atomic E-state index is 0.237. The molecule has 0 heterocycles. The van der Waals surface area contributed by atoms with Crippen LogP contribution < -0.4 is 5.32 Å². The zero-order valence-corrected chi connectivity index (χ0v) is 12.7. The molecule has 1 N–H and O–H groups in total. The summed E-state index contributed by atoms with van der Waals surface area (Å²) in [5, 5.41) is 4.28.